The first-order valence-corrected chi connectivity index (χ1v) is 9.50. The molecule has 0 aromatic carbocycles. The van der Waals surface area contributed by atoms with E-state index in [0.29, 0.717) is 13.0 Å². The van der Waals surface area contributed by atoms with Crippen molar-refractivity contribution in [1.29, 1.82) is 0 Å². The summed E-state index contributed by atoms with van der Waals surface area (Å²) in [7, 11) is -3.04. The van der Waals surface area contributed by atoms with Crippen LogP contribution in [0.4, 0.5) is 4.79 Å². The van der Waals surface area contributed by atoms with Crippen LogP contribution in [0.5, 0.6) is 0 Å². The minimum atomic E-state index is -3.04. The van der Waals surface area contributed by atoms with Gasteiger partial charge in [-0.05, 0) is 32.4 Å². The fourth-order valence-electron chi connectivity index (χ4n) is 2.75. The maximum Gasteiger partial charge on any atom is 0.321 e. The average molecular weight is 332 g/mol. The highest BCUT2D eigenvalue weighted by Gasteiger charge is 2.29. The Morgan fingerprint density at radius 3 is 2.55 bits per heavy atom. The van der Waals surface area contributed by atoms with Crippen LogP contribution >= 0.6 is 0 Å². The van der Waals surface area contributed by atoms with Crippen molar-refractivity contribution in [1.82, 2.24) is 20.9 Å². The molecule has 8 nitrogen and oxygen atoms in total. The van der Waals surface area contributed by atoms with Crippen molar-refractivity contribution < 1.29 is 18.0 Å². The van der Waals surface area contributed by atoms with E-state index in [1.165, 1.54) is 12.8 Å². The van der Waals surface area contributed by atoms with E-state index < -0.39 is 27.8 Å². The molecule has 0 aromatic rings. The molecule has 2 heterocycles. The van der Waals surface area contributed by atoms with Crippen LogP contribution in [0.3, 0.4) is 0 Å². The molecule has 9 heteroatoms. The fraction of sp³-hybridized carbons (Fsp3) is 0.846. The highest BCUT2D eigenvalue weighted by molar-refractivity contribution is 7.91. The summed E-state index contributed by atoms with van der Waals surface area (Å²) in [5.74, 6) is -0.383. The molecule has 0 aliphatic carbocycles. The van der Waals surface area contributed by atoms with Crippen LogP contribution < -0.4 is 16.0 Å². The zero-order valence-electron chi connectivity index (χ0n) is 12.6. The standard InChI is InChI=1S/C13H24N4O4S/c18-12(9-14-4-7-17-5-1-2-6-17)16-13(19)15-11-3-8-22(20,21)10-11/h11,14H,1-10H2,(H2,15,16,18,19). The van der Waals surface area contributed by atoms with Gasteiger partial charge < -0.3 is 15.5 Å². The van der Waals surface area contributed by atoms with E-state index in [0.717, 1.165) is 19.6 Å². The Hall–Kier alpha value is -1.19. The van der Waals surface area contributed by atoms with Gasteiger partial charge in [-0.3, -0.25) is 10.1 Å². The predicted molar refractivity (Wildman–Crippen MR) is 82.3 cm³/mol. The van der Waals surface area contributed by atoms with Crippen LogP contribution in [-0.4, -0.2) is 75.5 Å². The summed E-state index contributed by atoms with van der Waals surface area (Å²) in [6.45, 7) is 3.90. The highest BCUT2D eigenvalue weighted by Crippen LogP contribution is 2.10. The first-order valence-electron chi connectivity index (χ1n) is 7.68. The van der Waals surface area contributed by atoms with E-state index in [2.05, 4.69) is 20.9 Å². The van der Waals surface area contributed by atoms with Gasteiger partial charge >= 0.3 is 6.03 Å². The zero-order chi connectivity index (χ0) is 16.0. The van der Waals surface area contributed by atoms with Crippen molar-refractivity contribution in [2.75, 3.05) is 44.2 Å². The Labute approximate surface area is 130 Å². The highest BCUT2D eigenvalue weighted by atomic mass is 32.2. The van der Waals surface area contributed by atoms with Crippen LogP contribution in [0.25, 0.3) is 0 Å². The van der Waals surface area contributed by atoms with Crippen molar-refractivity contribution in [3.63, 3.8) is 0 Å². The summed E-state index contributed by atoms with van der Waals surface area (Å²) in [6, 6.07) is -1.03. The van der Waals surface area contributed by atoms with Gasteiger partial charge in [-0.1, -0.05) is 0 Å². The average Bonchev–Trinajstić information content (AvgIpc) is 3.04. The van der Waals surface area contributed by atoms with Crippen LogP contribution in [-0.2, 0) is 14.6 Å². The molecule has 2 aliphatic heterocycles. The number of carbonyl (C=O) groups is 2. The molecular weight excluding hydrogens is 308 g/mol. The number of hydrogen-bond donors (Lipinski definition) is 3. The van der Waals surface area contributed by atoms with E-state index in [-0.39, 0.29) is 18.1 Å². The zero-order valence-corrected chi connectivity index (χ0v) is 13.5. The minimum absolute atomic E-state index is 0.0529. The molecule has 3 N–H and O–H groups in total. The molecule has 2 aliphatic rings. The first-order chi connectivity index (χ1) is 10.4. The molecule has 1 atom stereocenters. The second-order valence-electron chi connectivity index (χ2n) is 5.85. The lowest BCUT2D eigenvalue weighted by molar-refractivity contribution is -0.119. The lowest BCUT2D eigenvalue weighted by Gasteiger charge is -2.15. The van der Waals surface area contributed by atoms with Gasteiger partial charge in [0.05, 0.1) is 18.1 Å². The molecule has 126 valence electrons. The molecule has 2 saturated heterocycles. The number of rotatable bonds is 6. The Morgan fingerprint density at radius 2 is 1.91 bits per heavy atom. The summed E-state index contributed by atoms with van der Waals surface area (Å²) in [5, 5.41) is 7.71. The van der Waals surface area contributed by atoms with Crippen molar-refractivity contribution in [2.45, 2.75) is 25.3 Å². The molecule has 0 radical (unpaired) electrons. The molecule has 0 spiro atoms. The van der Waals surface area contributed by atoms with Gasteiger partial charge in [-0.25, -0.2) is 13.2 Å². The summed E-state index contributed by atoms with van der Waals surface area (Å²) in [5.41, 5.74) is 0. The van der Waals surface area contributed by atoms with Gasteiger partial charge in [-0.15, -0.1) is 0 Å². The number of hydrogen-bond acceptors (Lipinski definition) is 6. The van der Waals surface area contributed by atoms with E-state index in [1.807, 2.05) is 0 Å². The first kappa shape index (κ1) is 17.2. The maximum atomic E-state index is 11.6. The Morgan fingerprint density at radius 1 is 1.18 bits per heavy atom. The molecule has 3 amide bonds. The second-order valence-corrected chi connectivity index (χ2v) is 8.08. The summed E-state index contributed by atoms with van der Waals surface area (Å²) in [4.78, 5) is 25.5. The third kappa shape index (κ3) is 5.90. The Kier molecular flexibility index (Phi) is 6.16. The predicted octanol–water partition coefficient (Wildman–Crippen LogP) is -1.32. The second kappa shape index (κ2) is 7.89. The summed E-state index contributed by atoms with van der Waals surface area (Å²) < 4.78 is 22.6. The van der Waals surface area contributed by atoms with Crippen molar-refractivity contribution in [3.8, 4) is 0 Å². The fourth-order valence-corrected chi connectivity index (χ4v) is 4.42. The SMILES string of the molecule is O=C(CNCCN1CCCC1)NC(=O)NC1CCS(=O)(=O)C1. The van der Waals surface area contributed by atoms with Crippen molar-refractivity contribution in [3.05, 3.63) is 0 Å². The van der Waals surface area contributed by atoms with Crippen LogP contribution in [0, 0.1) is 0 Å². The van der Waals surface area contributed by atoms with Gasteiger partial charge in [0.25, 0.3) is 0 Å². The van der Waals surface area contributed by atoms with Crippen LogP contribution in [0.15, 0.2) is 0 Å². The monoisotopic (exact) mass is 332 g/mol. The molecule has 22 heavy (non-hydrogen) atoms. The van der Waals surface area contributed by atoms with Gasteiger partial charge in [0.2, 0.25) is 5.91 Å². The summed E-state index contributed by atoms with van der Waals surface area (Å²) >= 11 is 0. The number of nitrogens with one attached hydrogen (secondary N) is 3. The minimum Gasteiger partial charge on any atom is -0.334 e. The summed E-state index contributed by atoms with van der Waals surface area (Å²) in [6.07, 6.45) is 2.87. The molecule has 2 fully saturated rings. The van der Waals surface area contributed by atoms with Gasteiger partial charge in [0.15, 0.2) is 9.84 Å². The van der Waals surface area contributed by atoms with Gasteiger partial charge in [0.1, 0.15) is 0 Å². The normalized spacial score (nSPS) is 24.3. The van der Waals surface area contributed by atoms with Gasteiger partial charge in [-0.2, -0.15) is 0 Å². The van der Waals surface area contributed by atoms with E-state index in [1.54, 1.807) is 0 Å². The number of nitrogens with zero attached hydrogens (tertiary/aromatic N) is 1. The molecule has 0 saturated carbocycles. The van der Waals surface area contributed by atoms with Crippen molar-refractivity contribution in [2.24, 2.45) is 0 Å². The number of amides is 3. The van der Waals surface area contributed by atoms with Crippen molar-refractivity contribution >= 4 is 21.8 Å². The molecular formula is C13H24N4O4S. The molecule has 0 aromatic heterocycles. The lowest BCUT2D eigenvalue weighted by atomic mass is 10.3. The smallest absolute Gasteiger partial charge is 0.321 e. The number of imide groups is 1. The lowest BCUT2D eigenvalue weighted by Crippen LogP contribution is -2.47. The quantitative estimate of drug-likeness (QED) is 0.521. The van der Waals surface area contributed by atoms with E-state index in [9.17, 15) is 18.0 Å². The number of urea groups is 1. The molecule has 1 unspecified atom stereocenters. The molecule has 2 rings (SSSR count). The Bertz CT molecular complexity index is 502. The number of sulfone groups is 1. The van der Waals surface area contributed by atoms with Crippen LogP contribution in [0.2, 0.25) is 0 Å². The largest absolute Gasteiger partial charge is 0.334 e. The number of carbonyl (C=O) groups excluding carboxylic acids is 2. The van der Waals surface area contributed by atoms with Gasteiger partial charge in [0, 0.05) is 19.1 Å². The van der Waals surface area contributed by atoms with Crippen LogP contribution in [0.1, 0.15) is 19.3 Å². The van der Waals surface area contributed by atoms with E-state index in [4.69, 9.17) is 0 Å². The maximum absolute atomic E-state index is 11.6. The van der Waals surface area contributed by atoms with E-state index >= 15 is 0 Å². The third-order valence-electron chi connectivity index (χ3n) is 3.91. The Balaban J connectivity index is 1.55. The third-order valence-corrected chi connectivity index (χ3v) is 5.68. The topological polar surface area (TPSA) is 108 Å². The number of likely N-dealkylation sites (tertiary alicyclic amines) is 1. The molecule has 0 bridgehead atoms.